The molecule has 6 nitrogen and oxygen atoms in total. The number of amides is 2. The fourth-order valence-electron chi connectivity index (χ4n) is 3.28. The summed E-state index contributed by atoms with van der Waals surface area (Å²) in [7, 11) is 0. The first kappa shape index (κ1) is 20.2. The summed E-state index contributed by atoms with van der Waals surface area (Å²) in [5, 5.41) is 1.81. The number of carbonyl (C=O) groups excluding carboxylic acids is 2. The maximum atomic E-state index is 13.9. The minimum Gasteiger partial charge on any atom is -0.378 e. The van der Waals surface area contributed by atoms with Gasteiger partial charge in [-0.25, -0.2) is 4.39 Å². The summed E-state index contributed by atoms with van der Waals surface area (Å²) in [6.07, 6.45) is 1.80. The van der Waals surface area contributed by atoms with Gasteiger partial charge in [-0.3, -0.25) is 9.59 Å². The zero-order valence-electron chi connectivity index (χ0n) is 16.2. The van der Waals surface area contributed by atoms with Gasteiger partial charge in [0, 0.05) is 30.2 Å². The standard InChI is InChI=1S/C22H20FN3O3S/c23-19-8-4-3-7-18(19)20(27)24-22-26(11-14-30-22)15-16-5-1-2-6-17(16)21(28)25-9-12-29-13-10-25/h1-8,11,14H,9-10,12-13,15H2. The molecule has 3 aromatic rings. The van der Waals surface area contributed by atoms with Gasteiger partial charge in [-0.05, 0) is 23.8 Å². The second-order valence-electron chi connectivity index (χ2n) is 6.77. The molecule has 30 heavy (non-hydrogen) atoms. The van der Waals surface area contributed by atoms with Gasteiger partial charge in [0.2, 0.25) is 0 Å². The topological polar surface area (TPSA) is 63.9 Å². The van der Waals surface area contributed by atoms with Crippen LogP contribution in [-0.2, 0) is 11.3 Å². The Bertz CT molecular complexity index is 1130. The molecule has 1 saturated heterocycles. The van der Waals surface area contributed by atoms with Gasteiger partial charge in [0.05, 0.1) is 25.3 Å². The van der Waals surface area contributed by atoms with Gasteiger partial charge in [0.25, 0.3) is 11.8 Å². The van der Waals surface area contributed by atoms with E-state index in [0.29, 0.717) is 43.2 Å². The maximum Gasteiger partial charge on any atom is 0.282 e. The van der Waals surface area contributed by atoms with E-state index in [-0.39, 0.29) is 11.5 Å². The number of thiazole rings is 1. The molecular formula is C22H20FN3O3S. The molecule has 0 spiro atoms. The molecule has 1 fully saturated rings. The Hall–Kier alpha value is -3.10. The van der Waals surface area contributed by atoms with E-state index in [9.17, 15) is 14.0 Å². The third-order valence-corrected chi connectivity index (χ3v) is 5.64. The highest BCUT2D eigenvalue weighted by Crippen LogP contribution is 2.15. The molecule has 1 aromatic heterocycles. The lowest BCUT2D eigenvalue weighted by Crippen LogP contribution is -2.41. The lowest BCUT2D eigenvalue weighted by atomic mass is 10.1. The van der Waals surface area contributed by atoms with Gasteiger partial charge < -0.3 is 14.2 Å². The van der Waals surface area contributed by atoms with E-state index in [4.69, 9.17) is 4.74 Å². The highest BCUT2D eigenvalue weighted by molar-refractivity contribution is 7.07. The average Bonchev–Trinajstić information content (AvgIpc) is 3.21. The summed E-state index contributed by atoms with van der Waals surface area (Å²) in [6.45, 7) is 2.58. The second-order valence-corrected chi connectivity index (χ2v) is 7.65. The zero-order valence-corrected chi connectivity index (χ0v) is 17.0. The molecule has 0 atom stereocenters. The van der Waals surface area contributed by atoms with Crippen molar-refractivity contribution >= 4 is 23.2 Å². The predicted octanol–water partition coefficient (Wildman–Crippen LogP) is 2.95. The number of nitrogens with zero attached hydrogens (tertiary/aromatic N) is 3. The van der Waals surface area contributed by atoms with Gasteiger partial charge in [-0.2, -0.15) is 4.99 Å². The van der Waals surface area contributed by atoms with Gasteiger partial charge in [-0.15, -0.1) is 11.3 Å². The Morgan fingerprint density at radius 3 is 2.50 bits per heavy atom. The van der Waals surface area contributed by atoms with Crippen LogP contribution in [0.3, 0.4) is 0 Å². The third-order valence-electron chi connectivity index (χ3n) is 4.85. The van der Waals surface area contributed by atoms with Crippen LogP contribution in [0.5, 0.6) is 0 Å². The van der Waals surface area contributed by atoms with E-state index in [1.807, 2.05) is 18.2 Å². The summed E-state index contributed by atoms with van der Waals surface area (Å²) in [6, 6.07) is 13.2. The number of ether oxygens (including phenoxy) is 1. The molecule has 0 aliphatic carbocycles. The Kier molecular flexibility index (Phi) is 6.15. The Morgan fingerprint density at radius 1 is 1.03 bits per heavy atom. The molecule has 154 valence electrons. The number of rotatable bonds is 4. The fourth-order valence-corrected chi connectivity index (χ4v) is 4.00. The number of carbonyl (C=O) groups is 2. The van der Waals surface area contributed by atoms with Gasteiger partial charge in [0.1, 0.15) is 5.82 Å². The van der Waals surface area contributed by atoms with Crippen molar-refractivity contribution in [1.29, 1.82) is 0 Å². The number of hydrogen-bond acceptors (Lipinski definition) is 4. The predicted molar refractivity (Wildman–Crippen MR) is 111 cm³/mol. The van der Waals surface area contributed by atoms with Crippen LogP contribution in [0, 0.1) is 5.82 Å². The minimum absolute atomic E-state index is 0.0364. The van der Waals surface area contributed by atoms with E-state index in [0.717, 1.165) is 5.56 Å². The van der Waals surface area contributed by atoms with E-state index < -0.39 is 11.7 Å². The number of morpholine rings is 1. The highest BCUT2D eigenvalue weighted by Gasteiger charge is 2.21. The smallest absolute Gasteiger partial charge is 0.282 e. The molecule has 8 heteroatoms. The molecule has 2 amide bonds. The first-order valence-electron chi connectivity index (χ1n) is 9.56. The lowest BCUT2D eigenvalue weighted by molar-refractivity contribution is 0.0302. The summed E-state index contributed by atoms with van der Waals surface area (Å²) in [5.41, 5.74) is 1.37. The van der Waals surface area contributed by atoms with Crippen molar-refractivity contribution < 1.29 is 18.7 Å². The van der Waals surface area contributed by atoms with Crippen molar-refractivity contribution in [2.45, 2.75) is 6.54 Å². The summed E-state index contributed by atoms with van der Waals surface area (Å²) < 4.78 is 21.0. The van der Waals surface area contributed by atoms with Crippen molar-refractivity contribution in [2.24, 2.45) is 4.99 Å². The van der Waals surface area contributed by atoms with Crippen molar-refractivity contribution in [3.05, 3.63) is 87.4 Å². The number of aromatic nitrogens is 1. The molecule has 1 aliphatic heterocycles. The highest BCUT2D eigenvalue weighted by atomic mass is 32.1. The van der Waals surface area contributed by atoms with E-state index in [1.165, 1.54) is 29.5 Å². The first-order valence-corrected chi connectivity index (χ1v) is 10.4. The molecule has 0 N–H and O–H groups in total. The zero-order chi connectivity index (χ0) is 20.9. The van der Waals surface area contributed by atoms with Crippen molar-refractivity contribution in [3.8, 4) is 0 Å². The molecule has 4 rings (SSSR count). The quantitative estimate of drug-likeness (QED) is 0.646. The Labute approximate surface area is 176 Å². The molecule has 0 radical (unpaired) electrons. The van der Waals surface area contributed by atoms with E-state index in [1.54, 1.807) is 33.2 Å². The Balaban J connectivity index is 1.61. The van der Waals surface area contributed by atoms with Crippen LogP contribution in [0.15, 0.2) is 65.1 Å². The van der Waals surface area contributed by atoms with Crippen LogP contribution in [-0.4, -0.2) is 47.6 Å². The monoisotopic (exact) mass is 425 g/mol. The maximum absolute atomic E-state index is 13.9. The molecular weight excluding hydrogens is 405 g/mol. The molecule has 0 bridgehead atoms. The summed E-state index contributed by atoms with van der Waals surface area (Å²) in [4.78, 5) is 31.7. The SMILES string of the molecule is O=C(N=c1sccn1Cc1ccccc1C(=O)N1CCOCC1)c1ccccc1F. The summed E-state index contributed by atoms with van der Waals surface area (Å²) in [5.74, 6) is -1.27. The van der Waals surface area contributed by atoms with Crippen LogP contribution in [0.2, 0.25) is 0 Å². The van der Waals surface area contributed by atoms with Gasteiger partial charge in [0.15, 0.2) is 4.80 Å². The van der Waals surface area contributed by atoms with Gasteiger partial charge in [-0.1, -0.05) is 30.3 Å². The largest absolute Gasteiger partial charge is 0.378 e. The van der Waals surface area contributed by atoms with Crippen LogP contribution in [0.25, 0.3) is 0 Å². The lowest BCUT2D eigenvalue weighted by Gasteiger charge is -2.27. The minimum atomic E-state index is -0.637. The van der Waals surface area contributed by atoms with Crippen LogP contribution >= 0.6 is 11.3 Å². The molecule has 2 aromatic carbocycles. The van der Waals surface area contributed by atoms with E-state index in [2.05, 4.69) is 4.99 Å². The molecule has 0 unspecified atom stereocenters. The van der Waals surface area contributed by atoms with Crippen molar-refractivity contribution in [3.63, 3.8) is 0 Å². The van der Waals surface area contributed by atoms with Crippen molar-refractivity contribution in [2.75, 3.05) is 26.3 Å². The molecule has 0 saturated carbocycles. The molecule has 1 aliphatic rings. The normalized spacial score (nSPS) is 14.7. The Morgan fingerprint density at radius 2 is 1.73 bits per heavy atom. The third kappa shape index (κ3) is 4.39. The van der Waals surface area contributed by atoms with Crippen LogP contribution in [0.4, 0.5) is 4.39 Å². The van der Waals surface area contributed by atoms with Gasteiger partial charge >= 0.3 is 0 Å². The van der Waals surface area contributed by atoms with Crippen LogP contribution in [0.1, 0.15) is 26.3 Å². The van der Waals surface area contributed by atoms with Crippen LogP contribution < -0.4 is 4.80 Å². The fraction of sp³-hybridized carbons (Fsp3) is 0.227. The van der Waals surface area contributed by atoms with Crippen molar-refractivity contribution in [1.82, 2.24) is 9.47 Å². The number of benzene rings is 2. The van der Waals surface area contributed by atoms with E-state index >= 15 is 0 Å². The first-order chi connectivity index (χ1) is 14.6. The number of halogens is 1. The summed E-state index contributed by atoms with van der Waals surface area (Å²) >= 11 is 1.28. The second kappa shape index (κ2) is 9.15. The number of hydrogen-bond donors (Lipinski definition) is 0. The molecule has 2 heterocycles. The average molecular weight is 425 g/mol.